The number of aromatic nitrogens is 1. The van der Waals surface area contributed by atoms with Gasteiger partial charge in [0.25, 0.3) is 5.91 Å². The van der Waals surface area contributed by atoms with Crippen LogP contribution in [-0.2, 0) is 0 Å². The lowest BCUT2D eigenvalue weighted by Crippen LogP contribution is -2.30. The molecule has 2 aromatic rings. The largest absolute Gasteiger partial charge is 0.497 e. The summed E-state index contributed by atoms with van der Waals surface area (Å²) in [5.74, 6) is 1.75. The fourth-order valence-electron chi connectivity index (χ4n) is 2.73. The van der Waals surface area contributed by atoms with Crippen molar-refractivity contribution in [2.45, 2.75) is 32.7 Å². The van der Waals surface area contributed by atoms with Gasteiger partial charge < -0.3 is 14.6 Å². The third-order valence-electron chi connectivity index (χ3n) is 4.12. The fraction of sp³-hybridized carbons (Fsp3) is 0.412. The van der Waals surface area contributed by atoms with Crippen molar-refractivity contribution in [1.29, 1.82) is 0 Å². The molecular weight excluding hydrogens is 280 g/mol. The van der Waals surface area contributed by atoms with E-state index in [1.165, 1.54) is 0 Å². The second-order valence-corrected chi connectivity index (χ2v) is 5.76. The number of hydrogen-bond acceptors (Lipinski definition) is 4. The zero-order chi connectivity index (χ0) is 15.7. The zero-order valence-electron chi connectivity index (χ0n) is 13.1. The van der Waals surface area contributed by atoms with Gasteiger partial charge in [0.05, 0.1) is 18.8 Å². The monoisotopic (exact) mass is 300 g/mol. The third-order valence-corrected chi connectivity index (χ3v) is 4.12. The maximum absolute atomic E-state index is 12.6. The third kappa shape index (κ3) is 2.84. The topological polar surface area (TPSA) is 64.4 Å². The van der Waals surface area contributed by atoms with E-state index in [4.69, 9.17) is 9.26 Å². The van der Waals surface area contributed by atoms with Crippen molar-refractivity contribution < 1.29 is 14.1 Å². The van der Waals surface area contributed by atoms with Gasteiger partial charge in [-0.05, 0) is 50.3 Å². The standard InChI is InChI=1S/C17H20N2O3/c1-10-15(11(2)22-19-10)17(20)18-16(12-4-5-12)13-6-8-14(21-3)9-7-13/h6-9,12,16H,4-5H2,1-3H3,(H,18,20)/t16-/m0/s1. The van der Waals surface area contributed by atoms with E-state index in [-0.39, 0.29) is 11.9 Å². The molecule has 1 fully saturated rings. The predicted octanol–water partition coefficient (Wildman–Crippen LogP) is 3.18. The maximum Gasteiger partial charge on any atom is 0.257 e. The van der Waals surface area contributed by atoms with Crippen LogP contribution in [0.2, 0.25) is 0 Å². The van der Waals surface area contributed by atoms with Gasteiger partial charge in [0.1, 0.15) is 17.1 Å². The van der Waals surface area contributed by atoms with Crippen molar-refractivity contribution in [3.8, 4) is 5.75 Å². The van der Waals surface area contributed by atoms with E-state index in [0.29, 0.717) is 22.9 Å². The van der Waals surface area contributed by atoms with Crippen LogP contribution in [-0.4, -0.2) is 18.2 Å². The summed E-state index contributed by atoms with van der Waals surface area (Å²) in [4.78, 5) is 12.6. The molecule has 1 aromatic carbocycles. The highest BCUT2D eigenvalue weighted by atomic mass is 16.5. The number of ether oxygens (including phenoxy) is 1. The van der Waals surface area contributed by atoms with Gasteiger partial charge in [-0.2, -0.15) is 0 Å². The first-order chi connectivity index (χ1) is 10.6. The van der Waals surface area contributed by atoms with E-state index in [1.807, 2.05) is 24.3 Å². The first-order valence-electron chi connectivity index (χ1n) is 7.48. The van der Waals surface area contributed by atoms with E-state index < -0.39 is 0 Å². The highest BCUT2D eigenvalue weighted by molar-refractivity contribution is 5.96. The number of carbonyl (C=O) groups is 1. The number of nitrogens with zero attached hydrogens (tertiary/aromatic N) is 1. The van der Waals surface area contributed by atoms with Gasteiger partial charge in [-0.15, -0.1) is 0 Å². The number of hydrogen-bond donors (Lipinski definition) is 1. The maximum atomic E-state index is 12.6. The molecule has 1 aromatic heterocycles. The zero-order valence-corrected chi connectivity index (χ0v) is 13.1. The summed E-state index contributed by atoms with van der Waals surface area (Å²) in [6.07, 6.45) is 2.27. The van der Waals surface area contributed by atoms with Crippen LogP contribution in [0.1, 0.15) is 46.3 Å². The van der Waals surface area contributed by atoms with E-state index in [1.54, 1.807) is 21.0 Å². The van der Waals surface area contributed by atoms with Crippen molar-refractivity contribution >= 4 is 5.91 Å². The van der Waals surface area contributed by atoms with Crippen molar-refractivity contribution in [1.82, 2.24) is 10.5 Å². The summed E-state index contributed by atoms with van der Waals surface area (Å²) in [6, 6.07) is 7.89. The molecule has 0 radical (unpaired) electrons. The van der Waals surface area contributed by atoms with Crippen molar-refractivity contribution in [2.24, 2.45) is 5.92 Å². The molecule has 3 rings (SSSR count). The van der Waals surface area contributed by atoms with Crippen LogP contribution in [0.4, 0.5) is 0 Å². The van der Waals surface area contributed by atoms with Gasteiger partial charge in [0, 0.05) is 0 Å². The molecule has 1 amide bonds. The highest BCUT2D eigenvalue weighted by Crippen LogP contribution is 2.41. The highest BCUT2D eigenvalue weighted by Gasteiger charge is 2.34. The summed E-state index contributed by atoms with van der Waals surface area (Å²) in [6.45, 7) is 3.54. The smallest absolute Gasteiger partial charge is 0.257 e. The first kappa shape index (κ1) is 14.6. The number of methoxy groups -OCH3 is 1. The van der Waals surface area contributed by atoms with Crippen LogP contribution in [0.25, 0.3) is 0 Å². The number of nitrogens with one attached hydrogen (secondary N) is 1. The number of rotatable bonds is 5. The number of aryl methyl sites for hydroxylation is 2. The van der Waals surface area contributed by atoms with E-state index in [0.717, 1.165) is 24.2 Å². The lowest BCUT2D eigenvalue weighted by molar-refractivity contribution is 0.0929. The van der Waals surface area contributed by atoms with Crippen LogP contribution in [0.5, 0.6) is 5.75 Å². The molecule has 1 N–H and O–H groups in total. The van der Waals surface area contributed by atoms with E-state index in [2.05, 4.69) is 10.5 Å². The van der Waals surface area contributed by atoms with E-state index in [9.17, 15) is 4.79 Å². The quantitative estimate of drug-likeness (QED) is 0.921. The summed E-state index contributed by atoms with van der Waals surface area (Å²) in [5.41, 5.74) is 2.27. The second-order valence-electron chi connectivity index (χ2n) is 5.76. The van der Waals surface area contributed by atoms with Gasteiger partial charge in [-0.3, -0.25) is 4.79 Å². The summed E-state index contributed by atoms with van der Waals surface area (Å²) >= 11 is 0. The molecule has 1 saturated carbocycles. The molecule has 1 heterocycles. The number of benzene rings is 1. The number of carbonyl (C=O) groups excluding carboxylic acids is 1. The van der Waals surface area contributed by atoms with Crippen LogP contribution in [0.3, 0.4) is 0 Å². The molecule has 0 saturated heterocycles. The molecule has 116 valence electrons. The Morgan fingerprint density at radius 2 is 2.00 bits per heavy atom. The van der Waals surface area contributed by atoms with Crippen molar-refractivity contribution in [3.63, 3.8) is 0 Å². The van der Waals surface area contributed by atoms with E-state index >= 15 is 0 Å². The van der Waals surface area contributed by atoms with Gasteiger partial charge in [0.2, 0.25) is 0 Å². The molecule has 5 nitrogen and oxygen atoms in total. The average molecular weight is 300 g/mol. The Balaban J connectivity index is 1.81. The molecule has 0 spiro atoms. The molecule has 1 aliphatic carbocycles. The molecule has 5 heteroatoms. The van der Waals surface area contributed by atoms with Gasteiger partial charge in [-0.25, -0.2) is 0 Å². The van der Waals surface area contributed by atoms with Crippen LogP contribution in [0.15, 0.2) is 28.8 Å². The van der Waals surface area contributed by atoms with Crippen LogP contribution < -0.4 is 10.1 Å². The van der Waals surface area contributed by atoms with Gasteiger partial charge in [0.15, 0.2) is 0 Å². The minimum Gasteiger partial charge on any atom is -0.497 e. The Hall–Kier alpha value is -2.30. The number of amides is 1. The lowest BCUT2D eigenvalue weighted by Gasteiger charge is -2.19. The van der Waals surface area contributed by atoms with Crippen molar-refractivity contribution in [3.05, 3.63) is 46.8 Å². The molecular formula is C17H20N2O3. The fourth-order valence-corrected chi connectivity index (χ4v) is 2.73. The summed E-state index contributed by atoms with van der Waals surface area (Å²) in [7, 11) is 1.65. The Morgan fingerprint density at radius 1 is 1.32 bits per heavy atom. The molecule has 0 unspecified atom stereocenters. The molecule has 0 bridgehead atoms. The van der Waals surface area contributed by atoms with Crippen LogP contribution >= 0.6 is 0 Å². The summed E-state index contributed by atoms with van der Waals surface area (Å²) in [5, 5.41) is 6.99. The Bertz CT molecular complexity index is 652. The predicted molar refractivity (Wildman–Crippen MR) is 81.9 cm³/mol. The minimum absolute atomic E-state index is 0.0205. The second kappa shape index (κ2) is 5.83. The summed E-state index contributed by atoms with van der Waals surface area (Å²) < 4.78 is 10.3. The SMILES string of the molecule is COc1ccc([C@@H](NC(=O)c2c(C)noc2C)C2CC2)cc1. The molecule has 1 aliphatic rings. The normalized spacial score (nSPS) is 15.4. The molecule has 22 heavy (non-hydrogen) atoms. The Kier molecular flexibility index (Phi) is 3.88. The van der Waals surface area contributed by atoms with Gasteiger partial charge in [-0.1, -0.05) is 17.3 Å². The lowest BCUT2D eigenvalue weighted by atomic mass is 10.0. The first-order valence-corrected chi connectivity index (χ1v) is 7.48. The molecule has 1 atom stereocenters. The van der Waals surface area contributed by atoms with Crippen LogP contribution in [0, 0.1) is 19.8 Å². The van der Waals surface area contributed by atoms with Crippen molar-refractivity contribution in [2.75, 3.05) is 7.11 Å². The van der Waals surface area contributed by atoms with Gasteiger partial charge >= 0.3 is 0 Å². The minimum atomic E-state index is -0.121. The Morgan fingerprint density at radius 3 is 2.50 bits per heavy atom. The molecule has 0 aliphatic heterocycles. The Labute approximate surface area is 129 Å². The average Bonchev–Trinajstić information content (AvgIpc) is 3.30.